The van der Waals surface area contributed by atoms with E-state index in [9.17, 15) is 0 Å². The zero-order chi connectivity index (χ0) is 32.9. The van der Waals surface area contributed by atoms with Gasteiger partial charge in [-0.05, 0) is 77.6 Å². The SMILES string of the molecule is Cc1nn(-c2[c-]c(Oc3[c-]c4c(cc3)c3cc(CC(C)C)ccc3n4-c3cc(C(C)(C)C)ccn3)ccc2)c(C)c1-c1ccccc1.[Pt+2]. The van der Waals surface area contributed by atoms with Crippen LogP contribution in [0.1, 0.15) is 57.1 Å². The van der Waals surface area contributed by atoms with Crippen LogP contribution >= 0.6 is 0 Å². The standard InChI is InChI=1S/C42H40N4O.Pt/c1-27(2)22-30-16-19-38-37(23-30)36-18-17-35(26-39(36)45(38)40-24-32(20-21-43-40)42(5,6)7)47-34-15-11-14-33(25-34)46-29(4)41(28(3)44-46)31-12-9-8-10-13-31;/h8-21,23-24,27H,22H2,1-7H3;/q-2;+2. The number of aromatic nitrogens is 4. The van der Waals surface area contributed by atoms with Gasteiger partial charge in [0.2, 0.25) is 0 Å². The van der Waals surface area contributed by atoms with Crippen LogP contribution in [-0.2, 0) is 32.9 Å². The molecule has 4 aromatic carbocycles. The second kappa shape index (κ2) is 13.2. The molecular formula is C42H40N4OPt. The third-order valence-electron chi connectivity index (χ3n) is 8.75. The molecule has 0 atom stereocenters. The minimum atomic E-state index is -0.00689. The van der Waals surface area contributed by atoms with Crippen molar-refractivity contribution in [1.82, 2.24) is 19.3 Å². The van der Waals surface area contributed by atoms with E-state index in [0.29, 0.717) is 17.4 Å². The van der Waals surface area contributed by atoms with Crippen LogP contribution in [0.4, 0.5) is 0 Å². The molecule has 0 unspecified atom stereocenters. The third kappa shape index (κ3) is 6.36. The van der Waals surface area contributed by atoms with Crippen LogP contribution in [0.15, 0.2) is 97.2 Å². The number of pyridine rings is 1. The quantitative estimate of drug-likeness (QED) is 0.151. The van der Waals surface area contributed by atoms with E-state index in [1.807, 2.05) is 48.1 Å². The Kier molecular flexibility index (Phi) is 9.20. The second-order valence-electron chi connectivity index (χ2n) is 13.8. The normalized spacial score (nSPS) is 11.8. The maximum absolute atomic E-state index is 6.47. The summed E-state index contributed by atoms with van der Waals surface area (Å²) in [7, 11) is 0. The predicted molar refractivity (Wildman–Crippen MR) is 192 cm³/mol. The van der Waals surface area contributed by atoms with E-state index >= 15 is 0 Å². The Balaban J connectivity index is 0.00000401. The molecule has 0 aliphatic heterocycles. The zero-order valence-electron chi connectivity index (χ0n) is 28.5. The maximum atomic E-state index is 6.47. The Hall–Kier alpha value is -4.47. The number of fused-ring (bicyclic) bond motifs is 3. The summed E-state index contributed by atoms with van der Waals surface area (Å²) in [5, 5.41) is 7.19. The van der Waals surface area contributed by atoms with Gasteiger partial charge in [0.05, 0.1) is 5.69 Å². The number of nitrogens with zero attached hydrogens (tertiary/aromatic N) is 4. The summed E-state index contributed by atoms with van der Waals surface area (Å²) in [6.07, 6.45) is 2.93. The summed E-state index contributed by atoms with van der Waals surface area (Å²) in [5.74, 6) is 2.66. The molecule has 48 heavy (non-hydrogen) atoms. The molecule has 0 fully saturated rings. The fourth-order valence-electron chi connectivity index (χ4n) is 6.51. The van der Waals surface area contributed by atoms with Crippen LogP contribution in [-0.4, -0.2) is 19.3 Å². The summed E-state index contributed by atoms with van der Waals surface area (Å²) in [6, 6.07) is 38.6. The topological polar surface area (TPSA) is 44.9 Å². The number of aryl methyl sites for hydroxylation is 1. The van der Waals surface area contributed by atoms with Crippen molar-refractivity contribution in [3.63, 3.8) is 0 Å². The summed E-state index contributed by atoms with van der Waals surface area (Å²) in [6.45, 7) is 15.4. The van der Waals surface area contributed by atoms with E-state index in [0.717, 1.165) is 56.9 Å². The largest absolute Gasteiger partial charge is 2.00 e. The van der Waals surface area contributed by atoms with Crippen molar-refractivity contribution < 1.29 is 25.8 Å². The van der Waals surface area contributed by atoms with E-state index in [2.05, 4.69) is 119 Å². The Labute approximate surface area is 297 Å². The minimum Gasteiger partial charge on any atom is -0.509 e. The first-order chi connectivity index (χ1) is 22.6. The van der Waals surface area contributed by atoms with Gasteiger partial charge in [0.25, 0.3) is 0 Å². The third-order valence-corrected chi connectivity index (χ3v) is 8.75. The molecule has 0 aliphatic rings. The molecule has 0 saturated heterocycles. The van der Waals surface area contributed by atoms with Crippen LogP contribution < -0.4 is 4.74 Å². The van der Waals surface area contributed by atoms with E-state index in [1.165, 1.54) is 16.5 Å². The van der Waals surface area contributed by atoms with Crippen molar-refractivity contribution in [2.24, 2.45) is 5.92 Å². The Bertz CT molecular complexity index is 2240. The van der Waals surface area contributed by atoms with Gasteiger partial charge >= 0.3 is 21.1 Å². The smallest absolute Gasteiger partial charge is 0.509 e. The molecule has 0 radical (unpaired) electrons. The van der Waals surface area contributed by atoms with Gasteiger partial charge in [-0.2, -0.15) is 17.2 Å². The predicted octanol–water partition coefficient (Wildman–Crippen LogP) is 10.5. The first-order valence-electron chi connectivity index (χ1n) is 16.4. The van der Waals surface area contributed by atoms with Gasteiger partial charge in [0.15, 0.2) is 0 Å². The van der Waals surface area contributed by atoms with Crippen molar-refractivity contribution in [3.05, 3.63) is 132 Å². The van der Waals surface area contributed by atoms with Crippen LogP contribution in [0, 0.1) is 31.9 Å². The molecule has 7 aromatic rings. The van der Waals surface area contributed by atoms with Crippen LogP contribution in [0.2, 0.25) is 0 Å². The Morgan fingerprint density at radius 2 is 1.58 bits per heavy atom. The van der Waals surface area contributed by atoms with Gasteiger partial charge < -0.3 is 9.30 Å². The number of rotatable bonds is 7. The number of hydrogen-bond donors (Lipinski definition) is 0. The average molecular weight is 812 g/mol. The van der Waals surface area contributed by atoms with Crippen LogP contribution in [0.3, 0.4) is 0 Å². The molecule has 0 N–H and O–H groups in total. The zero-order valence-corrected chi connectivity index (χ0v) is 30.8. The fraction of sp³-hybridized carbons (Fsp3) is 0.238. The molecule has 0 aliphatic carbocycles. The summed E-state index contributed by atoms with van der Waals surface area (Å²) in [5.41, 5.74) is 9.72. The maximum Gasteiger partial charge on any atom is 2.00 e. The number of hydrogen-bond acceptors (Lipinski definition) is 3. The molecule has 0 spiro atoms. The van der Waals surface area contributed by atoms with Gasteiger partial charge in [-0.15, -0.1) is 35.7 Å². The van der Waals surface area contributed by atoms with Gasteiger partial charge in [-0.25, -0.2) is 4.98 Å². The average Bonchev–Trinajstić information content (AvgIpc) is 3.53. The first kappa shape index (κ1) is 33.4. The van der Waals surface area contributed by atoms with Crippen molar-refractivity contribution in [2.45, 2.75) is 60.3 Å². The van der Waals surface area contributed by atoms with Crippen molar-refractivity contribution in [1.29, 1.82) is 0 Å². The van der Waals surface area contributed by atoms with Crippen molar-refractivity contribution in [3.8, 4) is 34.1 Å². The molecule has 244 valence electrons. The van der Waals surface area contributed by atoms with Crippen LogP contribution in [0.25, 0.3) is 44.4 Å². The van der Waals surface area contributed by atoms with Crippen LogP contribution in [0.5, 0.6) is 11.5 Å². The Morgan fingerprint density at radius 3 is 2.33 bits per heavy atom. The molecule has 0 saturated carbocycles. The molecule has 5 nitrogen and oxygen atoms in total. The fourth-order valence-corrected chi connectivity index (χ4v) is 6.51. The molecule has 7 rings (SSSR count). The first-order valence-corrected chi connectivity index (χ1v) is 16.4. The van der Waals surface area contributed by atoms with Gasteiger partial charge in [0, 0.05) is 34.5 Å². The summed E-state index contributed by atoms with van der Waals surface area (Å²) >= 11 is 0. The Morgan fingerprint density at radius 1 is 0.812 bits per heavy atom. The molecule has 3 aromatic heterocycles. The van der Waals surface area contributed by atoms with E-state index in [-0.39, 0.29) is 26.5 Å². The molecule has 0 bridgehead atoms. The molecular weight excluding hydrogens is 772 g/mol. The number of ether oxygens (including phenoxy) is 1. The minimum absolute atomic E-state index is 0. The van der Waals surface area contributed by atoms with Crippen molar-refractivity contribution in [2.75, 3.05) is 0 Å². The number of benzene rings is 4. The summed E-state index contributed by atoms with van der Waals surface area (Å²) in [4.78, 5) is 4.85. The van der Waals surface area contributed by atoms with Gasteiger partial charge in [-0.3, -0.25) is 4.68 Å². The summed E-state index contributed by atoms with van der Waals surface area (Å²) < 4.78 is 10.6. The van der Waals surface area contributed by atoms with E-state index in [1.54, 1.807) is 0 Å². The second-order valence-corrected chi connectivity index (χ2v) is 13.8. The molecule has 0 amide bonds. The van der Waals surface area contributed by atoms with E-state index in [4.69, 9.17) is 14.8 Å². The van der Waals surface area contributed by atoms with E-state index < -0.39 is 0 Å². The molecule has 6 heteroatoms. The van der Waals surface area contributed by atoms with Crippen molar-refractivity contribution >= 4 is 21.8 Å². The monoisotopic (exact) mass is 811 g/mol. The van der Waals surface area contributed by atoms with Gasteiger partial charge in [-0.1, -0.05) is 82.6 Å². The van der Waals surface area contributed by atoms with Gasteiger partial charge in [0.1, 0.15) is 5.82 Å². The molecule has 3 heterocycles.